The van der Waals surface area contributed by atoms with Crippen LogP contribution in [-0.4, -0.2) is 10.9 Å². The van der Waals surface area contributed by atoms with E-state index in [0.717, 1.165) is 29.2 Å². The first-order chi connectivity index (χ1) is 10.7. The molecule has 1 N–H and O–H groups in total. The fourth-order valence-corrected chi connectivity index (χ4v) is 2.86. The Balaban J connectivity index is 2.20. The Hall–Kier alpha value is -2.61. The van der Waals surface area contributed by atoms with Crippen molar-refractivity contribution >= 4 is 16.6 Å². The summed E-state index contributed by atoms with van der Waals surface area (Å²) in [6, 6.07) is 18.5. The van der Waals surface area contributed by atoms with Crippen LogP contribution in [0.25, 0.3) is 10.8 Å². The normalized spacial score (nSPS) is 10.8. The first-order valence-electron chi connectivity index (χ1n) is 7.55. The van der Waals surface area contributed by atoms with E-state index in [1.54, 1.807) is 6.07 Å². The third kappa shape index (κ3) is 2.48. The Morgan fingerprint density at radius 1 is 0.909 bits per heavy atom. The molecule has 2 nitrogen and oxygen atoms in total. The van der Waals surface area contributed by atoms with Crippen LogP contribution in [0.5, 0.6) is 5.75 Å². The van der Waals surface area contributed by atoms with Gasteiger partial charge >= 0.3 is 0 Å². The molecule has 0 spiro atoms. The van der Waals surface area contributed by atoms with Gasteiger partial charge in [-0.25, -0.2) is 0 Å². The topological polar surface area (TPSA) is 37.3 Å². The van der Waals surface area contributed by atoms with Crippen LogP contribution in [0.1, 0.15) is 34.8 Å². The zero-order chi connectivity index (χ0) is 15.5. The van der Waals surface area contributed by atoms with Gasteiger partial charge in [-0.05, 0) is 29.3 Å². The van der Waals surface area contributed by atoms with Crippen molar-refractivity contribution in [3.63, 3.8) is 0 Å². The molecule has 0 bridgehead atoms. The highest BCUT2D eigenvalue weighted by Gasteiger charge is 2.14. The first kappa shape index (κ1) is 14.3. The number of phenols is 1. The molecule has 0 aromatic heterocycles. The molecule has 0 saturated carbocycles. The summed E-state index contributed by atoms with van der Waals surface area (Å²) < 4.78 is 0. The molecular weight excluding hydrogens is 272 g/mol. The SMILES string of the molecule is CCCc1c(O)ccc2c(C(=O)c3ccccc3)cccc12. The van der Waals surface area contributed by atoms with Crippen LogP contribution < -0.4 is 0 Å². The van der Waals surface area contributed by atoms with Crippen molar-refractivity contribution < 1.29 is 9.90 Å². The van der Waals surface area contributed by atoms with Gasteiger partial charge in [-0.2, -0.15) is 0 Å². The molecule has 0 aliphatic carbocycles. The lowest BCUT2D eigenvalue weighted by Gasteiger charge is -2.11. The number of aryl methyl sites for hydroxylation is 1. The largest absolute Gasteiger partial charge is 0.508 e. The number of fused-ring (bicyclic) bond motifs is 1. The van der Waals surface area contributed by atoms with E-state index < -0.39 is 0 Å². The number of ketones is 1. The highest BCUT2D eigenvalue weighted by molar-refractivity contribution is 6.16. The minimum Gasteiger partial charge on any atom is -0.508 e. The summed E-state index contributed by atoms with van der Waals surface area (Å²) in [4.78, 5) is 12.8. The second-order valence-electron chi connectivity index (χ2n) is 5.41. The van der Waals surface area contributed by atoms with Gasteiger partial charge in [-0.1, -0.05) is 61.9 Å². The van der Waals surface area contributed by atoms with E-state index in [4.69, 9.17) is 0 Å². The average Bonchev–Trinajstić information content (AvgIpc) is 2.57. The standard InChI is InChI=1S/C20H18O2/c1-2-7-17-15-10-6-11-18(16(15)12-13-19(17)21)20(22)14-8-4-3-5-9-14/h3-6,8-13,21H,2,7H2,1H3. The van der Waals surface area contributed by atoms with E-state index in [2.05, 4.69) is 6.92 Å². The second-order valence-corrected chi connectivity index (χ2v) is 5.41. The van der Waals surface area contributed by atoms with Gasteiger partial charge < -0.3 is 5.11 Å². The zero-order valence-corrected chi connectivity index (χ0v) is 12.5. The van der Waals surface area contributed by atoms with Crippen LogP contribution in [-0.2, 0) is 6.42 Å². The number of hydrogen-bond donors (Lipinski definition) is 1. The fraction of sp³-hybridized carbons (Fsp3) is 0.150. The molecule has 0 unspecified atom stereocenters. The molecule has 0 amide bonds. The summed E-state index contributed by atoms with van der Waals surface area (Å²) >= 11 is 0. The predicted molar refractivity (Wildman–Crippen MR) is 89.5 cm³/mol. The Labute approximate surface area is 130 Å². The molecule has 0 heterocycles. The molecule has 0 radical (unpaired) electrons. The lowest BCUT2D eigenvalue weighted by atomic mass is 9.93. The predicted octanol–water partition coefficient (Wildman–Crippen LogP) is 4.73. The van der Waals surface area contributed by atoms with E-state index in [9.17, 15) is 9.90 Å². The molecule has 0 fully saturated rings. The van der Waals surface area contributed by atoms with Gasteiger partial charge in [0.2, 0.25) is 0 Å². The summed E-state index contributed by atoms with van der Waals surface area (Å²) in [5.41, 5.74) is 2.28. The van der Waals surface area contributed by atoms with E-state index in [0.29, 0.717) is 16.9 Å². The molecule has 22 heavy (non-hydrogen) atoms. The van der Waals surface area contributed by atoms with Crippen LogP contribution in [0.2, 0.25) is 0 Å². The van der Waals surface area contributed by atoms with Crippen LogP contribution in [0.3, 0.4) is 0 Å². The van der Waals surface area contributed by atoms with Crippen molar-refractivity contribution in [3.8, 4) is 5.75 Å². The Morgan fingerprint density at radius 3 is 2.41 bits per heavy atom. The lowest BCUT2D eigenvalue weighted by Crippen LogP contribution is -2.02. The Bertz CT molecular complexity index is 820. The summed E-state index contributed by atoms with van der Waals surface area (Å²) in [6.07, 6.45) is 1.75. The molecule has 0 saturated heterocycles. The van der Waals surface area contributed by atoms with E-state index in [-0.39, 0.29) is 5.78 Å². The maximum atomic E-state index is 12.8. The summed E-state index contributed by atoms with van der Waals surface area (Å²) in [7, 11) is 0. The van der Waals surface area contributed by atoms with Gasteiger partial charge in [0.1, 0.15) is 5.75 Å². The first-order valence-corrected chi connectivity index (χ1v) is 7.55. The van der Waals surface area contributed by atoms with Crippen molar-refractivity contribution in [2.75, 3.05) is 0 Å². The molecule has 0 aliphatic rings. The monoisotopic (exact) mass is 290 g/mol. The smallest absolute Gasteiger partial charge is 0.193 e. The highest BCUT2D eigenvalue weighted by Crippen LogP contribution is 2.31. The van der Waals surface area contributed by atoms with E-state index in [1.165, 1.54) is 0 Å². The van der Waals surface area contributed by atoms with Crippen LogP contribution in [0.15, 0.2) is 60.7 Å². The van der Waals surface area contributed by atoms with Crippen LogP contribution in [0.4, 0.5) is 0 Å². The molecule has 0 atom stereocenters. The number of rotatable bonds is 4. The lowest BCUT2D eigenvalue weighted by molar-refractivity contribution is 0.104. The number of carbonyl (C=O) groups excluding carboxylic acids is 1. The Morgan fingerprint density at radius 2 is 1.68 bits per heavy atom. The number of hydrogen-bond acceptors (Lipinski definition) is 2. The summed E-state index contributed by atoms with van der Waals surface area (Å²) in [5, 5.41) is 12.0. The fourth-order valence-electron chi connectivity index (χ4n) is 2.86. The minimum atomic E-state index is 0.0133. The number of benzene rings is 3. The van der Waals surface area contributed by atoms with Gasteiger partial charge in [0.25, 0.3) is 0 Å². The third-order valence-corrected chi connectivity index (χ3v) is 3.93. The molecule has 2 heteroatoms. The molecule has 0 aliphatic heterocycles. The quantitative estimate of drug-likeness (QED) is 0.705. The van der Waals surface area contributed by atoms with Crippen LogP contribution >= 0.6 is 0 Å². The average molecular weight is 290 g/mol. The molecule has 3 aromatic rings. The number of carbonyl (C=O) groups is 1. The van der Waals surface area contributed by atoms with Gasteiger partial charge in [-0.15, -0.1) is 0 Å². The molecular formula is C20H18O2. The van der Waals surface area contributed by atoms with Crippen LogP contribution in [0, 0.1) is 0 Å². The van der Waals surface area contributed by atoms with Crippen molar-refractivity contribution in [2.45, 2.75) is 19.8 Å². The molecule has 110 valence electrons. The van der Waals surface area contributed by atoms with E-state index in [1.807, 2.05) is 54.6 Å². The van der Waals surface area contributed by atoms with Crippen molar-refractivity contribution in [3.05, 3.63) is 77.4 Å². The zero-order valence-electron chi connectivity index (χ0n) is 12.5. The molecule has 3 rings (SSSR count). The highest BCUT2D eigenvalue weighted by atomic mass is 16.3. The Kier molecular flexibility index (Phi) is 3.92. The van der Waals surface area contributed by atoms with Gasteiger partial charge in [0, 0.05) is 16.7 Å². The maximum absolute atomic E-state index is 12.8. The number of phenolic OH excluding ortho intramolecular Hbond substituents is 1. The minimum absolute atomic E-state index is 0.0133. The van der Waals surface area contributed by atoms with Crippen molar-refractivity contribution in [2.24, 2.45) is 0 Å². The summed E-state index contributed by atoms with van der Waals surface area (Å²) in [6.45, 7) is 2.08. The van der Waals surface area contributed by atoms with Gasteiger partial charge in [-0.3, -0.25) is 4.79 Å². The van der Waals surface area contributed by atoms with Crippen molar-refractivity contribution in [1.29, 1.82) is 0 Å². The van der Waals surface area contributed by atoms with E-state index >= 15 is 0 Å². The summed E-state index contributed by atoms with van der Waals surface area (Å²) in [5.74, 6) is 0.318. The molecule has 3 aromatic carbocycles. The second kappa shape index (κ2) is 6.02. The van der Waals surface area contributed by atoms with Gasteiger partial charge in [0.05, 0.1) is 0 Å². The van der Waals surface area contributed by atoms with Crippen molar-refractivity contribution in [1.82, 2.24) is 0 Å². The maximum Gasteiger partial charge on any atom is 0.193 e. The van der Waals surface area contributed by atoms with Gasteiger partial charge in [0.15, 0.2) is 5.78 Å². The third-order valence-electron chi connectivity index (χ3n) is 3.93. The number of aromatic hydroxyl groups is 1.